The van der Waals surface area contributed by atoms with E-state index in [9.17, 15) is 4.79 Å². The van der Waals surface area contributed by atoms with Crippen molar-refractivity contribution >= 4 is 50.7 Å². The van der Waals surface area contributed by atoms with Crippen molar-refractivity contribution < 1.29 is 4.79 Å². The summed E-state index contributed by atoms with van der Waals surface area (Å²) in [4.78, 5) is 12.4. The minimum absolute atomic E-state index is 0.267. The summed E-state index contributed by atoms with van der Waals surface area (Å²) >= 11 is 15.4. The average Bonchev–Trinajstić information content (AvgIpc) is 2.48. The molecule has 2 rings (SSSR count). The molecule has 1 unspecified atom stereocenters. The Bertz CT molecular complexity index is 675. The van der Waals surface area contributed by atoms with E-state index in [0.717, 1.165) is 0 Å². The van der Waals surface area contributed by atoms with Crippen LogP contribution in [0.4, 0.5) is 5.69 Å². The van der Waals surface area contributed by atoms with E-state index in [0.29, 0.717) is 20.7 Å². The van der Waals surface area contributed by atoms with Gasteiger partial charge in [-0.05, 0) is 40.5 Å². The number of halogens is 3. The fourth-order valence-corrected chi connectivity index (χ4v) is 2.61. The van der Waals surface area contributed by atoms with Gasteiger partial charge >= 0.3 is 0 Å². The Kier molecular flexibility index (Phi) is 4.94. The highest BCUT2D eigenvalue weighted by atomic mass is 79.9. The van der Waals surface area contributed by atoms with Crippen molar-refractivity contribution in [2.45, 2.75) is 12.5 Å². The average molecular weight is 388 g/mol. The molecule has 3 nitrogen and oxygen atoms in total. The largest absolute Gasteiger partial charge is 0.323 e. The van der Waals surface area contributed by atoms with E-state index in [1.165, 1.54) is 0 Å². The van der Waals surface area contributed by atoms with E-state index >= 15 is 0 Å². The van der Waals surface area contributed by atoms with Crippen molar-refractivity contribution in [1.82, 2.24) is 0 Å². The van der Waals surface area contributed by atoms with E-state index in [1.807, 2.05) is 18.2 Å². The van der Waals surface area contributed by atoms with Gasteiger partial charge in [-0.25, -0.2) is 0 Å². The number of nitrogens with one attached hydrogen (secondary N) is 1. The molecule has 0 radical (unpaired) electrons. The highest BCUT2D eigenvalue weighted by molar-refractivity contribution is 9.10. The first-order chi connectivity index (χ1) is 9.84. The Hall–Kier alpha value is -1.07. The third-order valence-electron chi connectivity index (χ3n) is 3.13. The summed E-state index contributed by atoms with van der Waals surface area (Å²) in [6.45, 7) is 1.64. The molecule has 6 heteroatoms. The van der Waals surface area contributed by atoms with E-state index in [1.54, 1.807) is 31.2 Å². The van der Waals surface area contributed by atoms with Crippen molar-refractivity contribution in [3.63, 3.8) is 0 Å². The van der Waals surface area contributed by atoms with Gasteiger partial charge in [0.25, 0.3) is 0 Å². The molecule has 0 aliphatic rings. The standard InChI is InChI=1S/C15H13BrCl2N2O/c1-15(19,9-5-3-2-4-6-9)14(21)20-11-8-7-10(16)12(17)13(11)18/h2-8H,19H2,1H3,(H,20,21). The van der Waals surface area contributed by atoms with Gasteiger partial charge in [0.05, 0.1) is 15.7 Å². The predicted octanol–water partition coefficient (Wildman–Crippen LogP) is 4.57. The zero-order valence-electron chi connectivity index (χ0n) is 11.2. The molecule has 3 N–H and O–H groups in total. The van der Waals surface area contributed by atoms with Crippen LogP contribution in [0.3, 0.4) is 0 Å². The molecule has 0 spiro atoms. The second kappa shape index (κ2) is 6.36. The number of hydrogen-bond donors (Lipinski definition) is 2. The molecule has 2 aromatic rings. The van der Waals surface area contributed by atoms with Gasteiger partial charge in [-0.15, -0.1) is 0 Å². The maximum absolute atomic E-state index is 12.4. The third kappa shape index (κ3) is 3.40. The molecule has 0 saturated heterocycles. The molecule has 0 saturated carbocycles. The van der Waals surface area contributed by atoms with E-state index in [-0.39, 0.29) is 10.9 Å². The molecule has 0 aliphatic heterocycles. The Labute approximate surface area is 141 Å². The van der Waals surface area contributed by atoms with Crippen LogP contribution in [-0.4, -0.2) is 5.91 Å². The lowest BCUT2D eigenvalue weighted by Gasteiger charge is -2.24. The molecule has 1 amide bonds. The van der Waals surface area contributed by atoms with Crippen LogP contribution in [0.25, 0.3) is 0 Å². The lowest BCUT2D eigenvalue weighted by atomic mass is 9.92. The SMILES string of the molecule is CC(N)(C(=O)Nc1ccc(Br)c(Cl)c1Cl)c1ccccc1. The van der Waals surface area contributed by atoms with Crippen molar-refractivity contribution in [2.75, 3.05) is 5.32 Å². The molecule has 110 valence electrons. The topological polar surface area (TPSA) is 55.1 Å². The minimum Gasteiger partial charge on any atom is -0.323 e. The number of hydrogen-bond acceptors (Lipinski definition) is 2. The zero-order valence-corrected chi connectivity index (χ0v) is 14.3. The first-order valence-corrected chi connectivity index (χ1v) is 7.68. The Morgan fingerprint density at radius 3 is 2.38 bits per heavy atom. The van der Waals surface area contributed by atoms with Crippen molar-refractivity contribution in [2.24, 2.45) is 5.73 Å². The number of carbonyl (C=O) groups excluding carboxylic acids is 1. The van der Waals surface area contributed by atoms with E-state index in [2.05, 4.69) is 21.2 Å². The fourth-order valence-electron chi connectivity index (χ4n) is 1.79. The van der Waals surface area contributed by atoms with Crippen LogP contribution in [0.1, 0.15) is 12.5 Å². The Morgan fingerprint density at radius 1 is 1.14 bits per heavy atom. The molecule has 0 aliphatic carbocycles. The molecular formula is C15H13BrCl2N2O. The second-order valence-corrected chi connectivity index (χ2v) is 6.36. The second-order valence-electron chi connectivity index (χ2n) is 4.75. The molecule has 0 bridgehead atoms. The zero-order chi connectivity index (χ0) is 15.6. The van der Waals surface area contributed by atoms with Crippen LogP contribution >= 0.6 is 39.1 Å². The normalized spacial score (nSPS) is 13.6. The summed E-state index contributed by atoms with van der Waals surface area (Å²) in [5.41, 5.74) is 6.10. The molecule has 1 atom stereocenters. The van der Waals surface area contributed by atoms with Crippen LogP contribution < -0.4 is 11.1 Å². The summed E-state index contributed by atoms with van der Waals surface area (Å²) in [6.07, 6.45) is 0. The molecule has 0 heterocycles. The fraction of sp³-hybridized carbons (Fsp3) is 0.133. The highest BCUT2D eigenvalue weighted by Gasteiger charge is 2.31. The number of carbonyl (C=O) groups is 1. The summed E-state index contributed by atoms with van der Waals surface area (Å²) in [5, 5.41) is 3.32. The lowest BCUT2D eigenvalue weighted by Crippen LogP contribution is -2.45. The molecule has 21 heavy (non-hydrogen) atoms. The van der Waals surface area contributed by atoms with Crippen LogP contribution in [0, 0.1) is 0 Å². The van der Waals surface area contributed by atoms with Gasteiger partial charge in [0.2, 0.25) is 5.91 Å². The Balaban J connectivity index is 2.28. The van der Waals surface area contributed by atoms with Gasteiger partial charge in [0.15, 0.2) is 0 Å². The number of nitrogens with two attached hydrogens (primary N) is 1. The molecule has 2 aromatic carbocycles. The maximum atomic E-state index is 12.4. The Morgan fingerprint density at radius 2 is 1.76 bits per heavy atom. The predicted molar refractivity (Wildman–Crippen MR) is 90.8 cm³/mol. The number of benzene rings is 2. The van der Waals surface area contributed by atoms with E-state index in [4.69, 9.17) is 28.9 Å². The summed E-state index contributed by atoms with van der Waals surface area (Å²) < 4.78 is 0.658. The van der Waals surface area contributed by atoms with Crippen LogP contribution in [0.15, 0.2) is 46.9 Å². The number of anilines is 1. The molecular weight excluding hydrogens is 375 g/mol. The first-order valence-electron chi connectivity index (χ1n) is 6.13. The number of amides is 1. The molecule has 0 fully saturated rings. The monoisotopic (exact) mass is 386 g/mol. The van der Waals surface area contributed by atoms with Crippen molar-refractivity contribution in [3.8, 4) is 0 Å². The van der Waals surface area contributed by atoms with Crippen molar-refractivity contribution in [3.05, 3.63) is 62.5 Å². The summed E-state index contributed by atoms with van der Waals surface area (Å²) in [5.74, 6) is -0.367. The van der Waals surface area contributed by atoms with Gasteiger partial charge in [-0.3, -0.25) is 4.79 Å². The number of rotatable bonds is 3. The maximum Gasteiger partial charge on any atom is 0.248 e. The highest BCUT2D eigenvalue weighted by Crippen LogP contribution is 2.36. The van der Waals surface area contributed by atoms with Crippen LogP contribution in [0.2, 0.25) is 10.0 Å². The van der Waals surface area contributed by atoms with Gasteiger partial charge in [-0.2, -0.15) is 0 Å². The van der Waals surface area contributed by atoms with Crippen LogP contribution in [0.5, 0.6) is 0 Å². The summed E-state index contributed by atoms with van der Waals surface area (Å²) in [7, 11) is 0. The van der Waals surface area contributed by atoms with Gasteiger partial charge in [0.1, 0.15) is 5.54 Å². The summed E-state index contributed by atoms with van der Waals surface area (Å²) in [6, 6.07) is 12.5. The van der Waals surface area contributed by atoms with E-state index < -0.39 is 5.54 Å². The quantitative estimate of drug-likeness (QED) is 0.758. The smallest absolute Gasteiger partial charge is 0.248 e. The minimum atomic E-state index is -1.18. The first kappa shape index (κ1) is 16.3. The lowest BCUT2D eigenvalue weighted by molar-refractivity contribution is -0.120. The van der Waals surface area contributed by atoms with Gasteiger partial charge in [-0.1, -0.05) is 53.5 Å². The van der Waals surface area contributed by atoms with Gasteiger partial charge < -0.3 is 11.1 Å². The van der Waals surface area contributed by atoms with Gasteiger partial charge in [0, 0.05) is 4.47 Å². The van der Waals surface area contributed by atoms with Crippen molar-refractivity contribution in [1.29, 1.82) is 0 Å². The third-order valence-corrected chi connectivity index (χ3v) is 4.90. The molecule has 0 aromatic heterocycles. The van der Waals surface area contributed by atoms with Crippen LogP contribution in [-0.2, 0) is 10.3 Å².